The summed E-state index contributed by atoms with van der Waals surface area (Å²) in [4.78, 5) is 4.38. The first-order chi connectivity index (χ1) is 9.12. The molecule has 2 aromatic rings. The van der Waals surface area contributed by atoms with Crippen LogP contribution < -0.4 is 4.74 Å². The van der Waals surface area contributed by atoms with Crippen LogP contribution in [-0.2, 0) is 13.0 Å². The van der Waals surface area contributed by atoms with Crippen molar-refractivity contribution in [2.75, 3.05) is 0 Å². The molecular weight excluding hydrogens is 242 g/mol. The summed E-state index contributed by atoms with van der Waals surface area (Å²) in [5.74, 6) is 1.14. The Labute approximate surface area is 112 Å². The third-order valence-electron chi connectivity index (χ3n) is 2.79. The molecule has 0 fully saturated rings. The maximum Gasteiger partial charge on any atom is 0.219 e. The van der Waals surface area contributed by atoms with Crippen LogP contribution in [0, 0.1) is 0 Å². The van der Waals surface area contributed by atoms with Gasteiger partial charge in [-0.1, -0.05) is 6.92 Å². The number of nitrogens with zero attached hydrogens (tertiary/aromatic N) is 3. The Morgan fingerprint density at radius 1 is 1.37 bits per heavy atom. The van der Waals surface area contributed by atoms with E-state index in [-0.39, 0.29) is 6.61 Å². The van der Waals surface area contributed by atoms with Crippen molar-refractivity contribution in [1.29, 1.82) is 0 Å². The fourth-order valence-corrected chi connectivity index (χ4v) is 1.72. The van der Waals surface area contributed by atoms with Crippen molar-refractivity contribution in [2.45, 2.75) is 39.8 Å². The Kier molecular flexibility index (Phi) is 4.16. The molecule has 0 atom stereocenters. The fraction of sp³-hybridized carbons (Fsp3) is 0.429. The summed E-state index contributed by atoms with van der Waals surface area (Å²) >= 11 is 0. The number of aromatic nitrogens is 3. The molecule has 0 saturated carbocycles. The molecule has 0 aliphatic heterocycles. The Balaban J connectivity index is 2.21. The average molecular weight is 261 g/mol. The van der Waals surface area contributed by atoms with Crippen LogP contribution in [0.25, 0.3) is 0 Å². The first-order valence-corrected chi connectivity index (χ1v) is 6.45. The van der Waals surface area contributed by atoms with Gasteiger partial charge in [0.2, 0.25) is 5.88 Å². The fourth-order valence-electron chi connectivity index (χ4n) is 1.72. The molecule has 0 unspecified atom stereocenters. The predicted molar refractivity (Wildman–Crippen MR) is 72.2 cm³/mol. The number of rotatable bonds is 5. The number of aryl methyl sites for hydroxylation is 1. The van der Waals surface area contributed by atoms with Gasteiger partial charge >= 0.3 is 0 Å². The number of pyridine rings is 1. The zero-order valence-electron chi connectivity index (χ0n) is 11.5. The number of hydrogen-bond acceptors (Lipinski definition) is 4. The van der Waals surface area contributed by atoms with E-state index in [9.17, 15) is 5.11 Å². The van der Waals surface area contributed by atoms with E-state index in [2.05, 4.69) is 23.9 Å². The van der Waals surface area contributed by atoms with Crippen molar-refractivity contribution >= 4 is 0 Å². The Hall–Kier alpha value is -1.88. The second-order valence-electron chi connectivity index (χ2n) is 4.67. The molecule has 0 bridgehead atoms. The SMILES string of the molecule is CCc1cc(CO)cc(Oc2cnn(C(C)C)c2)n1. The van der Waals surface area contributed by atoms with Crippen LogP contribution in [0.2, 0.25) is 0 Å². The van der Waals surface area contributed by atoms with Crippen LogP contribution >= 0.6 is 0 Å². The van der Waals surface area contributed by atoms with Crippen LogP contribution in [0.4, 0.5) is 0 Å². The van der Waals surface area contributed by atoms with Gasteiger partial charge in [-0.25, -0.2) is 4.98 Å². The summed E-state index contributed by atoms with van der Waals surface area (Å²) in [5, 5.41) is 13.4. The van der Waals surface area contributed by atoms with Crippen LogP contribution in [0.15, 0.2) is 24.5 Å². The minimum atomic E-state index is -0.0167. The molecule has 1 N–H and O–H groups in total. The third-order valence-corrected chi connectivity index (χ3v) is 2.79. The summed E-state index contributed by atoms with van der Waals surface area (Å²) < 4.78 is 7.51. The van der Waals surface area contributed by atoms with Crippen LogP contribution in [-0.4, -0.2) is 19.9 Å². The summed E-state index contributed by atoms with van der Waals surface area (Å²) in [6, 6.07) is 3.91. The highest BCUT2D eigenvalue weighted by Gasteiger charge is 2.07. The highest BCUT2D eigenvalue weighted by atomic mass is 16.5. The van der Waals surface area contributed by atoms with Gasteiger partial charge in [0.15, 0.2) is 5.75 Å². The van der Waals surface area contributed by atoms with E-state index in [0.29, 0.717) is 17.7 Å². The topological polar surface area (TPSA) is 60.2 Å². The summed E-state index contributed by atoms with van der Waals surface area (Å²) in [5.41, 5.74) is 1.70. The lowest BCUT2D eigenvalue weighted by atomic mass is 10.2. The molecule has 0 aliphatic rings. The van der Waals surface area contributed by atoms with Crippen molar-refractivity contribution in [3.05, 3.63) is 35.8 Å². The quantitative estimate of drug-likeness (QED) is 0.899. The van der Waals surface area contributed by atoms with Gasteiger partial charge in [0.1, 0.15) is 0 Å². The molecule has 0 spiro atoms. The molecule has 0 saturated heterocycles. The summed E-state index contributed by atoms with van der Waals surface area (Å²) in [6.07, 6.45) is 4.30. The highest BCUT2D eigenvalue weighted by Crippen LogP contribution is 2.22. The Morgan fingerprint density at radius 3 is 2.74 bits per heavy atom. The molecule has 0 aromatic carbocycles. The molecule has 0 radical (unpaired) electrons. The maximum absolute atomic E-state index is 9.23. The molecule has 5 heteroatoms. The minimum Gasteiger partial charge on any atom is -0.436 e. The van der Waals surface area contributed by atoms with Gasteiger partial charge in [0.25, 0.3) is 0 Å². The van der Waals surface area contributed by atoms with Gasteiger partial charge in [0.05, 0.1) is 19.0 Å². The van der Waals surface area contributed by atoms with E-state index in [1.54, 1.807) is 12.3 Å². The minimum absolute atomic E-state index is 0.0167. The van der Waals surface area contributed by atoms with Gasteiger partial charge in [-0.05, 0) is 31.9 Å². The lowest BCUT2D eigenvalue weighted by Gasteiger charge is -2.07. The van der Waals surface area contributed by atoms with E-state index in [4.69, 9.17) is 4.74 Å². The second kappa shape index (κ2) is 5.84. The van der Waals surface area contributed by atoms with Crippen molar-refractivity contribution in [3.63, 3.8) is 0 Å². The van der Waals surface area contributed by atoms with Crippen molar-refractivity contribution < 1.29 is 9.84 Å². The Morgan fingerprint density at radius 2 is 2.16 bits per heavy atom. The van der Waals surface area contributed by atoms with E-state index >= 15 is 0 Å². The zero-order chi connectivity index (χ0) is 13.8. The largest absolute Gasteiger partial charge is 0.436 e. The van der Waals surface area contributed by atoms with Gasteiger partial charge < -0.3 is 9.84 Å². The van der Waals surface area contributed by atoms with Crippen molar-refractivity contribution in [2.24, 2.45) is 0 Å². The maximum atomic E-state index is 9.23. The van der Waals surface area contributed by atoms with Gasteiger partial charge in [-0.15, -0.1) is 0 Å². The molecule has 5 nitrogen and oxygen atoms in total. The molecule has 2 rings (SSSR count). The molecule has 2 aromatic heterocycles. The van der Waals surface area contributed by atoms with Gasteiger partial charge in [-0.3, -0.25) is 4.68 Å². The second-order valence-corrected chi connectivity index (χ2v) is 4.67. The van der Waals surface area contributed by atoms with Crippen molar-refractivity contribution in [1.82, 2.24) is 14.8 Å². The van der Waals surface area contributed by atoms with Crippen LogP contribution in [0.3, 0.4) is 0 Å². The number of hydrogen-bond donors (Lipinski definition) is 1. The number of ether oxygens (including phenoxy) is 1. The van der Waals surface area contributed by atoms with Gasteiger partial charge in [0, 0.05) is 17.8 Å². The van der Waals surface area contributed by atoms with E-state index < -0.39 is 0 Å². The first kappa shape index (κ1) is 13.5. The van der Waals surface area contributed by atoms with E-state index in [1.165, 1.54) is 0 Å². The monoisotopic (exact) mass is 261 g/mol. The number of aliphatic hydroxyl groups excluding tert-OH is 1. The lowest BCUT2D eigenvalue weighted by molar-refractivity contribution is 0.281. The normalized spacial score (nSPS) is 11.0. The summed E-state index contributed by atoms with van der Waals surface area (Å²) in [6.45, 7) is 6.11. The first-order valence-electron chi connectivity index (χ1n) is 6.45. The predicted octanol–water partition coefficient (Wildman–Crippen LogP) is 2.71. The zero-order valence-corrected chi connectivity index (χ0v) is 11.5. The lowest BCUT2D eigenvalue weighted by Crippen LogP contribution is -1.99. The summed E-state index contributed by atoms with van der Waals surface area (Å²) in [7, 11) is 0. The standard InChI is InChI=1S/C14H19N3O2/c1-4-12-5-11(9-18)6-14(16-12)19-13-7-15-17(8-13)10(2)3/h5-8,10,18H,4,9H2,1-3H3. The van der Waals surface area contributed by atoms with Crippen LogP contribution in [0.1, 0.15) is 38.1 Å². The Bertz CT molecular complexity index is 527. The molecule has 0 amide bonds. The third kappa shape index (κ3) is 3.32. The smallest absolute Gasteiger partial charge is 0.219 e. The van der Waals surface area contributed by atoms with E-state index in [0.717, 1.165) is 17.7 Å². The van der Waals surface area contributed by atoms with Crippen molar-refractivity contribution in [3.8, 4) is 11.6 Å². The molecule has 19 heavy (non-hydrogen) atoms. The average Bonchev–Trinajstić information content (AvgIpc) is 2.87. The van der Waals surface area contributed by atoms with E-state index in [1.807, 2.05) is 23.9 Å². The molecule has 2 heterocycles. The molecule has 102 valence electrons. The highest BCUT2D eigenvalue weighted by molar-refractivity contribution is 5.28. The van der Waals surface area contributed by atoms with Gasteiger partial charge in [-0.2, -0.15) is 5.10 Å². The molecule has 0 aliphatic carbocycles. The van der Waals surface area contributed by atoms with Crippen LogP contribution in [0.5, 0.6) is 11.6 Å². The molecular formula is C14H19N3O2. The number of aliphatic hydroxyl groups is 1.